The summed E-state index contributed by atoms with van der Waals surface area (Å²) < 4.78 is 7.68. The topological polar surface area (TPSA) is 64.7 Å². The van der Waals surface area contributed by atoms with Crippen molar-refractivity contribution in [2.24, 2.45) is 4.99 Å². The van der Waals surface area contributed by atoms with Crippen LogP contribution in [0.5, 0.6) is 5.75 Å². The lowest BCUT2D eigenvalue weighted by Gasteiger charge is -2.12. The summed E-state index contributed by atoms with van der Waals surface area (Å²) in [5, 5.41) is 10.8. The van der Waals surface area contributed by atoms with Gasteiger partial charge in [0.15, 0.2) is 0 Å². The van der Waals surface area contributed by atoms with Gasteiger partial charge in [-0.15, -0.1) is 0 Å². The Morgan fingerprint density at radius 2 is 1.82 bits per heavy atom. The zero-order chi connectivity index (χ0) is 20.1. The van der Waals surface area contributed by atoms with Crippen LogP contribution in [0, 0.1) is 17.0 Å². The predicted molar refractivity (Wildman–Crippen MR) is 118 cm³/mol. The zero-order valence-corrected chi connectivity index (χ0v) is 18.1. The van der Waals surface area contributed by atoms with Gasteiger partial charge in [-0.25, -0.2) is 0 Å². The Hall–Kier alpha value is -2.51. The van der Waals surface area contributed by atoms with Gasteiger partial charge in [-0.3, -0.25) is 15.1 Å². The number of nitro groups is 1. The summed E-state index contributed by atoms with van der Waals surface area (Å²) in [4.78, 5) is 14.9. The molecule has 0 heterocycles. The molecule has 0 amide bonds. The van der Waals surface area contributed by atoms with Crippen molar-refractivity contribution in [1.29, 1.82) is 0 Å². The van der Waals surface area contributed by atoms with Crippen molar-refractivity contribution in [3.63, 3.8) is 0 Å². The molecule has 7 heteroatoms. The summed E-state index contributed by atoms with van der Waals surface area (Å²) in [5.74, 6) is 0.652. The molecule has 3 rings (SSSR count). The molecule has 0 spiro atoms. The molecule has 0 fully saturated rings. The predicted octanol–water partition coefficient (Wildman–Crippen LogP) is 6.76. The van der Waals surface area contributed by atoms with Crippen molar-refractivity contribution < 1.29 is 9.66 Å². The van der Waals surface area contributed by atoms with Crippen molar-refractivity contribution in [3.05, 3.63) is 96.4 Å². The minimum atomic E-state index is -0.421. The quantitative estimate of drug-likeness (QED) is 0.212. The molecule has 0 saturated heterocycles. The summed E-state index contributed by atoms with van der Waals surface area (Å²) in [6.07, 6.45) is 1.77. The highest BCUT2D eigenvalue weighted by molar-refractivity contribution is 9.11. The monoisotopic (exact) mass is 502 g/mol. The number of non-ortho nitro benzene ring substituents is 1. The lowest BCUT2D eigenvalue weighted by molar-refractivity contribution is -0.384. The van der Waals surface area contributed by atoms with Crippen LogP contribution in [0.3, 0.4) is 0 Å². The fourth-order valence-electron chi connectivity index (χ4n) is 2.55. The first-order valence-corrected chi connectivity index (χ1v) is 9.97. The molecule has 0 unspecified atom stereocenters. The first-order chi connectivity index (χ1) is 13.4. The number of hydrogen-bond donors (Lipinski definition) is 0. The average molecular weight is 504 g/mol. The van der Waals surface area contributed by atoms with Crippen LogP contribution in [0.1, 0.15) is 16.7 Å². The molecule has 0 aliphatic rings. The summed E-state index contributed by atoms with van der Waals surface area (Å²) >= 11 is 7.03. The largest absolute Gasteiger partial charge is 0.487 e. The molecule has 0 aliphatic carbocycles. The molecule has 0 aromatic heterocycles. The van der Waals surface area contributed by atoms with Gasteiger partial charge in [0.1, 0.15) is 12.4 Å². The maximum absolute atomic E-state index is 10.8. The Morgan fingerprint density at radius 3 is 2.50 bits per heavy atom. The number of aryl methyl sites for hydroxylation is 1. The van der Waals surface area contributed by atoms with E-state index in [1.807, 2.05) is 43.3 Å². The second kappa shape index (κ2) is 9.12. The Balaban J connectivity index is 1.84. The van der Waals surface area contributed by atoms with Crippen molar-refractivity contribution in [3.8, 4) is 5.75 Å². The van der Waals surface area contributed by atoms with E-state index in [1.54, 1.807) is 18.3 Å². The molecule has 0 N–H and O–H groups in total. The van der Waals surface area contributed by atoms with E-state index in [1.165, 1.54) is 12.1 Å². The molecular weight excluding hydrogens is 488 g/mol. The fraction of sp³-hybridized carbons (Fsp3) is 0.0952. The van der Waals surface area contributed by atoms with Crippen molar-refractivity contribution in [2.45, 2.75) is 13.5 Å². The van der Waals surface area contributed by atoms with Gasteiger partial charge in [0.05, 0.1) is 15.1 Å². The van der Waals surface area contributed by atoms with Gasteiger partial charge in [-0.1, -0.05) is 34.1 Å². The number of aliphatic imine (C=N–C) groups is 1. The second-order valence-electron chi connectivity index (χ2n) is 6.06. The van der Waals surface area contributed by atoms with Crippen molar-refractivity contribution >= 4 is 49.4 Å². The van der Waals surface area contributed by atoms with E-state index in [4.69, 9.17) is 4.74 Å². The van der Waals surface area contributed by atoms with Crippen LogP contribution < -0.4 is 4.74 Å². The minimum absolute atomic E-state index is 0.0552. The lowest BCUT2D eigenvalue weighted by atomic mass is 10.2. The number of hydrogen-bond acceptors (Lipinski definition) is 4. The number of rotatable bonds is 6. The molecule has 28 heavy (non-hydrogen) atoms. The number of para-hydroxylation sites is 1. The standard InChI is InChI=1S/C21H16Br2N2O3/c1-14-4-2-3-5-20(14)24-12-16-10-17(22)11-19(23)21(16)28-13-15-6-8-18(9-7-15)25(26)27/h2-12H,13H2,1H3. The molecule has 0 atom stereocenters. The van der Waals surface area contributed by atoms with Crippen LogP contribution in [0.15, 0.2) is 74.6 Å². The molecule has 142 valence electrons. The zero-order valence-electron chi connectivity index (χ0n) is 14.9. The molecule has 3 aromatic carbocycles. The van der Waals surface area contributed by atoms with E-state index in [-0.39, 0.29) is 12.3 Å². The van der Waals surface area contributed by atoms with E-state index < -0.39 is 4.92 Å². The molecule has 0 radical (unpaired) electrons. The molecule has 0 aliphatic heterocycles. The summed E-state index contributed by atoms with van der Waals surface area (Å²) in [7, 11) is 0. The number of nitrogens with zero attached hydrogens (tertiary/aromatic N) is 2. The van der Waals surface area contributed by atoms with Crippen molar-refractivity contribution in [1.82, 2.24) is 0 Å². The number of benzene rings is 3. The third-order valence-electron chi connectivity index (χ3n) is 4.03. The summed E-state index contributed by atoms with van der Waals surface area (Å²) in [5.41, 5.74) is 3.68. The van der Waals surface area contributed by atoms with E-state index in [9.17, 15) is 10.1 Å². The van der Waals surface area contributed by atoms with Gasteiger partial charge < -0.3 is 4.74 Å². The Kier molecular flexibility index (Phi) is 6.59. The van der Waals surface area contributed by atoms with E-state index >= 15 is 0 Å². The van der Waals surface area contributed by atoms with Gasteiger partial charge in [0.2, 0.25) is 0 Å². The highest BCUT2D eigenvalue weighted by atomic mass is 79.9. The normalized spacial score (nSPS) is 11.0. The SMILES string of the molecule is Cc1ccccc1N=Cc1cc(Br)cc(Br)c1OCc1ccc([N+](=O)[O-])cc1. The lowest BCUT2D eigenvalue weighted by Crippen LogP contribution is -2.00. The first kappa shape index (κ1) is 20.2. The number of ether oxygens (including phenoxy) is 1. The van der Waals surface area contributed by atoms with E-state index in [0.29, 0.717) is 5.75 Å². The molecule has 0 saturated carbocycles. The highest BCUT2D eigenvalue weighted by Crippen LogP contribution is 2.33. The Morgan fingerprint density at radius 1 is 1.11 bits per heavy atom. The minimum Gasteiger partial charge on any atom is -0.487 e. The fourth-order valence-corrected chi connectivity index (χ4v) is 3.92. The maximum atomic E-state index is 10.8. The van der Waals surface area contributed by atoms with Crippen molar-refractivity contribution in [2.75, 3.05) is 0 Å². The first-order valence-electron chi connectivity index (χ1n) is 8.39. The third-order valence-corrected chi connectivity index (χ3v) is 5.07. The van der Waals surface area contributed by atoms with Crippen LogP contribution in [0.25, 0.3) is 0 Å². The molecule has 5 nitrogen and oxygen atoms in total. The molecule has 0 bridgehead atoms. The van der Waals surface area contributed by atoms with Crippen LogP contribution >= 0.6 is 31.9 Å². The van der Waals surface area contributed by atoms with Crippen LogP contribution in [-0.4, -0.2) is 11.1 Å². The van der Waals surface area contributed by atoms with Crippen LogP contribution in [-0.2, 0) is 6.61 Å². The number of halogens is 2. The second-order valence-corrected chi connectivity index (χ2v) is 7.83. The number of nitro benzene ring substituents is 1. The van der Waals surface area contributed by atoms with Crippen LogP contribution in [0.4, 0.5) is 11.4 Å². The third kappa shape index (κ3) is 5.05. The van der Waals surface area contributed by atoms with Gasteiger partial charge in [-0.05, 0) is 64.3 Å². The summed E-state index contributed by atoms with van der Waals surface area (Å²) in [6, 6.07) is 18.0. The van der Waals surface area contributed by atoms with Gasteiger partial charge in [0.25, 0.3) is 5.69 Å². The van der Waals surface area contributed by atoms with Crippen LogP contribution in [0.2, 0.25) is 0 Å². The molecular formula is C21H16Br2N2O3. The van der Waals surface area contributed by atoms with Gasteiger partial charge >= 0.3 is 0 Å². The smallest absolute Gasteiger partial charge is 0.269 e. The van der Waals surface area contributed by atoms with E-state index in [0.717, 1.165) is 31.3 Å². The van der Waals surface area contributed by atoms with E-state index in [2.05, 4.69) is 36.9 Å². The maximum Gasteiger partial charge on any atom is 0.269 e. The Labute approximate surface area is 179 Å². The highest BCUT2D eigenvalue weighted by Gasteiger charge is 2.11. The average Bonchev–Trinajstić information content (AvgIpc) is 2.66. The summed E-state index contributed by atoms with van der Waals surface area (Å²) in [6.45, 7) is 2.29. The van der Waals surface area contributed by atoms with Gasteiger partial charge in [0, 0.05) is 28.4 Å². The molecule has 3 aromatic rings. The van der Waals surface area contributed by atoms with Gasteiger partial charge in [-0.2, -0.15) is 0 Å². The Bertz CT molecular complexity index is 1030.